The Balaban J connectivity index is 2.20. The van der Waals surface area contributed by atoms with Crippen LogP contribution in [0.25, 0.3) is 11.0 Å². The van der Waals surface area contributed by atoms with Gasteiger partial charge in [0.2, 0.25) is 5.91 Å². The van der Waals surface area contributed by atoms with E-state index in [-0.39, 0.29) is 5.75 Å². The van der Waals surface area contributed by atoms with E-state index in [0.29, 0.717) is 29.4 Å². The number of esters is 1. The second-order valence-corrected chi connectivity index (χ2v) is 5.92. The van der Waals surface area contributed by atoms with Crippen molar-refractivity contribution >= 4 is 40.7 Å². The van der Waals surface area contributed by atoms with Crippen LogP contribution in [-0.2, 0) is 16.1 Å². The van der Waals surface area contributed by atoms with Crippen LogP contribution in [0.2, 0.25) is 0 Å². The van der Waals surface area contributed by atoms with Gasteiger partial charge in [-0.2, -0.15) is 0 Å². The summed E-state index contributed by atoms with van der Waals surface area (Å²) in [7, 11) is 1.44. The number of carbonyl (C=O) groups is 3. The van der Waals surface area contributed by atoms with Crippen LogP contribution in [0, 0.1) is 0 Å². The van der Waals surface area contributed by atoms with Crippen LogP contribution in [0.1, 0.15) is 24.2 Å². The third-order valence-electron chi connectivity index (χ3n) is 3.35. The van der Waals surface area contributed by atoms with E-state index in [0.717, 1.165) is 5.52 Å². The Morgan fingerprint density at radius 1 is 1.28 bits per heavy atom. The van der Waals surface area contributed by atoms with Gasteiger partial charge in [-0.25, -0.2) is 14.6 Å². The van der Waals surface area contributed by atoms with Crippen LogP contribution in [0.5, 0.6) is 0 Å². The molecular formula is C16H20N4O4S. The molecule has 0 aliphatic carbocycles. The molecule has 2 aromatic rings. The zero-order chi connectivity index (χ0) is 18.4. The first kappa shape index (κ1) is 18.8. The number of imide groups is 1. The largest absolute Gasteiger partial charge is 0.462 e. The van der Waals surface area contributed by atoms with Crippen LogP contribution in [0.4, 0.5) is 4.79 Å². The fraction of sp³-hybridized carbons (Fsp3) is 0.375. The van der Waals surface area contributed by atoms with Gasteiger partial charge in [-0.05, 0) is 32.0 Å². The number of aryl methyl sites for hydroxylation is 1. The lowest BCUT2D eigenvalue weighted by molar-refractivity contribution is -0.117. The molecule has 9 heteroatoms. The van der Waals surface area contributed by atoms with E-state index < -0.39 is 17.9 Å². The number of carbonyl (C=O) groups excluding carboxylic acids is 3. The van der Waals surface area contributed by atoms with E-state index in [2.05, 4.69) is 15.6 Å². The van der Waals surface area contributed by atoms with Gasteiger partial charge in [0.1, 0.15) is 0 Å². The molecule has 0 saturated carbocycles. The molecule has 1 aromatic carbocycles. The standard InChI is InChI=1S/C16H20N4O4S/c1-4-20-12-7-6-10(14(22)24-5-2)8-11(12)18-16(20)25-9-13(21)19-15(23)17-3/h6-8H,4-5,9H2,1-3H3,(H2,17,19,21,23). The van der Waals surface area contributed by atoms with Gasteiger partial charge in [-0.1, -0.05) is 11.8 Å². The highest BCUT2D eigenvalue weighted by molar-refractivity contribution is 7.99. The molecule has 1 aromatic heterocycles. The molecule has 134 valence electrons. The molecule has 0 aliphatic heterocycles. The van der Waals surface area contributed by atoms with Crippen LogP contribution in [-0.4, -0.2) is 46.9 Å². The van der Waals surface area contributed by atoms with Crippen molar-refractivity contribution in [3.05, 3.63) is 23.8 Å². The topological polar surface area (TPSA) is 102 Å². The molecule has 2 N–H and O–H groups in total. The van der Waals surface area contributed by atoms with Crippen molar-refractivity contribution < 1.29 is 19.1 Å². The molecular weight excluding hydrogens is 344 g/mol. The summed E-state index contributed by atoms with van der Waals surface area (Å²) in [5.74, 6) is -0.748. The van der Waals surface area contributed by atoms with Gasteiger partial charge in [-0.15, -0.1) is 0 Å². The number of nitrogens with zero attached hydrogens (tertiary/aromatic N) is 2. The van der Waals surface area contributed by atoms with Crippen molar-refractivity contribution in [3.63, 3.8) is 0 Å². The summed E-state index contributed by atoms with van der Waals surface area (Å²) in [6.45, 7) is 4.69. The Labute approximate surface area is 149 Å². The van der Waals surface area contributed by atoms with Crippen molar-refractivity contribution in [1.29, 1.82) is 0 Å². The Hall–Kier alpha value is -2.55. The molecule has 0 saturated heterocycles. The van der Waals surface area contributed by atoms with E-state index in [1.54, 1.807) is 19.1 Å². The summed E-state index contributed by atoms with van der Waals surface area (Å²) in [4.78, 5) is 39.2. The first-order chi connectivity index (χ1) is 12.0. The zero-order valence-electron chi connectivity index (χ0n) is 14.3. The number of hydrogen-bond acceptors (Lipinski definition) is 6. The highest BCUT2D eigenvalue weighted by Gasteiger charge is 2.15. The maximum absolute atomic E-state index is 11.8. The Morgan fingerprint density at radius 3 is 2.68 bits per heavy atom. The first-order valence-corrected chi connectivity index (χ1v) is 8.80. The highest BCUT2D eigenvalue weighted by atomic mass is 32.2. The fourth-order valence-electron chi connectivity index (χ4n) is 2.22. The number of imidazole rings is 1. The summed E-state index contributed by atoms with van der Waals surface area (Å²) in [6, 6.07) is 4.63. The Bertz CT molecular complexity index is 803. The van der Waals surface area contributed by atoms with E-state index in [1.165, 1.54) is 18.8 Å². The summed E-state index contributed by atoms with van der Waals surface area (Å²) in [5, 5.41) is 5.17. The van der Waals surface area contributed by atoms with Gasteiger partial charge in [-0.3, -0.25) is 10.1 Å². The van der Waals surface area contributed by atoms with Crippen molar-refractivity contribution in [1.82, 2.24) is 20.2 Å². The molecule has 25 heavy (non-hydrogen) atoms. The SMILES string of the molecule is CCOC(=O)c1ccc2c(c1)nc(SCC(=O)NC(=O)NC)n2CC. The van der Waals surface area contributed by atoms with E-state index in [9.17, 15) is 14.4 Å². The maximum Gasteiger partial charge on any atom is 0.338 e. The van der Waals surface area contributed by atoms with Crippen molar-refractivity contribution in [2.75, 3.05) is 19.4 Å². The molecule has 1 heterocycles. The van der Waals surface area contributed by atoms with E-state index >= 15 is 0 Å². The lowest BCUT2D eigenvalue weighted by Gasteiger charge is -2.06. The van der Waals surface area contributed by atoms with Crippen molar-refractivity contribution in [2.24, 2.45) is 0 Å². The van der Waals surface area contributed by atoms with E-state index in [1.807, 2.05) is 17.6 Å². The van der Waals surface area contributed by atoms with Crippen molar-refractivity contribution in [2.45, 2.75) is 25.5 Å². The predicted molar refractivity (Wildman–Crippen MR) is 94.7 cm³/mol. The monoisotopic (exact) mass is 364 g/mol. The number of benzene rings is 1. The van der Waals surface area contributed by atoms with Crippen LogP contribution in [0.3, 0.4) is 0 Å². The molecule has 0 unspecified atom stereocenters. The number of ether oxygens (including phenoxy) is 1. The molecule has 0 aliphatic rings. The number of hydrogen-bond donors (Lipinski definition) is 2. The van der Waals surface area contributed by atoms with E-state index in [4.69, 9.17) is 4.74 Å². The summed E-state index contributed by atoms with van der Waals surface area (Å²) >= 11 is 1.23. The summed E-state index contributed by atoms with van der Waals surface area (Å²) in [6.07, 6.45) is 0. The second kappa shape index (κ2) is 8.52. The smallest absolute Gasteiger partial charge is 0.338 e. The summed E-state index contributed by atoms with van der Waals surface area (Å²) < 4.78 is 6.94. The number of thioether (sulfide) groups is 1. The fourth-order valence-corrected chi connectivity index (χ4v) is 3.10. The lowest BCUT2D eigenvalue weighted by atomic mass is 10.2. The number of aromatic nitrogens is 2. The second-order valence-electron chi connectivity index (χ2n) is 4.98. The van der Waals surface area contributed by atoms with Gasteiger partial charge >= 0.3 is 12.0 Å². The van der Waals surface area contributed by atoms with Crippen LogP contribution in [0.15, 0.2) is 23.4 Å². The maximum atomic E-state index is 11.8. The minimum Gasteiger partial charge on any atom is -0.462 e. The van der Waals surface area contributed by atoms with Crippen molar-refractivity contribution in [3.8, 4) is 0 Å². The number of nitrogens with one attached hydrogen (secondary N) is 2. The van der Waals surface area contributed by atoms with Crippen LogP contribution >= 0.6 is 11.8 Å². The minimum atomic E-state index is -0.548. The summed E-state index contributed by atoms with van der Waals surface area (Å²) in [5.41, 5.74) is 1.95. The zero-order valence-corrected chi connectivity index (χ0v) is 15.1. The average Bonchev–Trinajstić information content (AvgIpc) is 2.96. The molecule has 0 fully saturated rings. The number of amides is 3. The number of rotatable bonds is 6. The molecule has 2 rings (SSSR count). The van der Waals surface area contributed by atoms with Gasteiger partial charge in [0.15, 0.2) is 5.16 Å². The Morgan fingerprint density at radius 2 is 2.04 bits per heavy atom. The molecule has 8 nitrogen and oxygen atoms in total. The minimum absolute atomic E-state index is 0.0570. The number of urea groups is 1. The quantitative estimate of drug-likeness (QED) is 0.598. The Kier molecular flexibility index (Phi) is 6.40. The lowest BCUT2D eigenvalue weighted by Crippen LogP contribution is -2.38. The predicted octanol–water partition coefficient (Wildman–Crippen LogP) is 1.78. The molecule has 0 bridgehead atoms. The molecule has 3 amide bonds. The highest BCUT2D eigenvalue weighted by Crippen LogP contribution is 2.25. The van der Waals surface area contributed by atoms with Gasteiger partial charge < -0.3 is 14.6 Å². The first-order valence-electron chi connectivity index (χ1n) is 7.81. The van der Waals surface area contributed by atoms with Gasteiger partial charge in [0.25, 0.3) is 0 Å². The third kappa shape index (κ3) is 4.50. The third-order valence-corrected chi connectivity index (χ3v) is 4.33. The molecule has 0 atom stereocenters. The van der Waals surface area contributed by atoms with Crippen LogP contribution < -0.4 is 10.6 Å². The number of fused-ring (bicyclic) bond motifs is 1. The molecule has 0 radical (unpaired) electrons. The van der Waals surface area contributed by atoms with Gasteiger partial charge in [0.05, 0.1) is 29.0 Å². The normalized spacial score (nSPS) is 10.5. The van der Waals surface area contributed by atoms with Gasteiger partial charge in [0, 0.05) is 13.6 Å². The average molecular weight is 364 g/mol. The molecule has 0 spiro atoms.